The first-order chi connectivity index (χ1) is 14.8. The topological polar surface area (TPSA) is 105 Å². The van der Waals surface area contributed by atoms with Gasteiger partial charge in [0.2, 0.25) is 10.0 Å². The molecule has 174 valence electrons. The van der Waals surface area contributed by atoms with Gasteiger partial charge >= 0.3 is 12.1 Å². The molecule has 1 aromatic carbocycles. The van der Waals surface area contributed by atoms with Gasteiger partial charge in [-0.3, -0.25) is 9.78 Å². The van der Waals surface area contributed by atoms with Crippen LogP contribution in [0.25, 0.3) is 0 Å². The molecule has 32 heavy (non-hydrogen) atoms. The van der Waals surface area contributed by atoms with Gasteiger partial charge < -0.3 is 10.2 Å². The number of sulfonamides is 1. The van der Waals surface area contributed by atoms with Gasteiger partial charge in [0, 0.05) is 25.5 Å². The molecule has 0 aliphatic carbocycles. The van der Waals surface area contributed by atoms with Crippen molar-refractivity contribution in [1.29, 1.82) is 0 Å². The Morgan fingerprint density at radius 3 is 2.25 bits per heavy atom. The molecule has 0 saturated carbocycles. The fraction of sp³-hybridized carbons (Fsp3) is 0.368. The molecule has 7 nitrogen and oxygen atoms in total. The molecule has 1 saturated heterocycles. The average molecular weight is 478 g/mol. The second kappa shape index (κ2) is 8.62. The van der Waals surface area contributed by atoms with E-state index in [9.17, 15) is 35.2 Å². The van der Waals surface area contributed by atoms with E-state index in [1.165, 1.54) is 23.2 Å². The van der Waals surface area contributed by atoms with E-state index in [0.717, 1.165) is 12.6 Å². The summed E-state index contributed by atoms with van der Waals surface area (Å²) in [5, 5.41) is 7.30. The maximum Gasteiger partial charge on any atom is 0.458 e. The smallest absolute Gasteiger partial charge is 0.369 e. The van der Waals surface area contributed by atoms with Gasteiger partial charge in [-0.15, -0.1) is 0 Å². The summed E-state index contributed by atoms with van der Waals surface area (Å²) in [4.78, 5) is 17.1. The third-order valence-corrected chi connectivity index (χ3v) is 5.92. The van der Waals surface area contributed by atoms with E-state index in [0.29, 0.717) is 25.0 Å². The van der Waals surface area contributed by atoms with Crippen LogP contribution < -0.4 is 15.4 Å². The Hall–Kier alpha value is -2.80. The number of primary sulfonamides is 1. The Labute approximate surface area is 180 Å². The number of carbonyl (C=O) groups excluding carboxylic acids is 1. The number of hydrogen-bond acceptors (Lipinski definition) is 5. The first-order valence-corrected chi connectivity index (χ1v) is 11.0. The number of pyridine rings is 1. The minimum Gasteiger partial charge on any atom is -0.369 e. The molecule has 13 heteroatoms. The van der Waals surface area contributed by atoms with Crippen LogP contribution in [0, 0.1) is 0 Å². The van der Waals surface area contributed by atoms with Crippen LogP contribution in [0.3, 0.4) is 0 Å². The highest BCUT2D eigenvalue weighted by molar-refractivity contribution is 7.89. The van der Waals surface area contributed by atoms with Gasteiger partial charge in [-0.05, 0) is 43.5 Å². The second-order valence-corrected chi connectivity index (χ2v) is 8.73. The van der Waals surface area contributed by atoms with Gasteiger partial charge in [0.05, 0.1) is 22.5 Å². The van der Waals surface area contributed by atoms with Crippen LogP contribution in [0.15, 0.2) is 41.6 Å². The maximum atomic E-state index is 14.5. The number of nitrogens with zero attached hydrogens (tertiary/aromatic N) is 2. The van der Waals surface area contributed by atoms with Gasteiger partial charge in [-0.2, -0.15) is 22.0 Å². The largest absolute Gasteiger partial charge is 0.458 e. The average Bonchev–Trinajstić information content (AvgIpc) is 2.73. The van der Waals surface area contributed by atoms with Crippen LogP contribution in [0.4, 0.5) is 33.3 Å². The van der Waals surface area contributed by atoms with Crippen molar-refractivity contribution >= 4 is 27.3 Å². The van der Waals surface area contributed by atoms with Crippen molar-refractivity contribution in [2.75, 3.05) is 23.3 Å². The van der Waals surface area contributed by atoms with Crippen molar-refractivity contribution in [3.8, 4) is 0 Å². The molecule has 0 spiro atoms. The number of rotatable bonds is 5. The third-order valence-electron chi connectivity index (χ3n) is 4.98. The zero-order valence-corrected chi connectivity index (χ0v) is 17.3. The lowest BCUT2D eigenvalue weighted by Crippen LogP contribution is -2.37. The highest BCUT2D eigenvalue weighted by Crippen LogP contribution is 2.50. The van der Waals surface area contributed by atoms with Crippen molar-refractivity contribution < 1.29 is 35.2 Å². The molecule has 2 aromatic rings. The molecule has 3 rings (SSSR count). The number of piperidine rings is 1. The van der Waals surface area contributed by atoms with Crippen molar-refractivity contribution in [2.24, 2.45) is 5.14 Å². The zero-order valence-electron chi connectivity index (χ0n) is 16.5. The Balaban J connectivity index is 2.30. The molecule has 0 radical (unpaired) electrons. The number of nitrogens with two attached hydrogens (primary N) is 1. The molecule has 3 N–H and O–H groups in total. The van der Waals surface area contributed by atoms with E-state index < -0.39 is 49.9 Å². The molecule has 2 heterocycles. The van der Waals surface area contributed by atoms with E-state index >= 15 is 0 Å². The number of alkyl halides is 5. The molecule has 1 fully saturated rings. The van der Waals surface area contributed by atoms with Crippen molar-refractivity contribution in [2.45, 2.75) is 36.3 Å². The molecule has 1 amide bonds. The standard InChI is InChI=1S/C19H19F5N4O3S/c20-18(21,19(22,23)24)13-6-7-14(32(25,30)31)16(28-9-2-1-3-10-28)15(13)27-17(29)12-5-4-8-26-11-12/h4-8,11H,1-3,9-10H2,(H,27,29)(H2,25,30,31). The SMILES string of the molecule is NS(=O)(=O)c1ccc(C(F)(F)C(F)(F)F)c(NC(=O)c2cccnc2)c1N1CCCCC1. The van der Waals surface area contributed by atoms with Crippen LogP contribution in [0.1, 0.15) is 35.2 Å². The number of halogens is 5. The Bertz CT molecular complexity index is 1100. The van der Waals surface area contributed by atoms with Gasteiger partial charge in [0.15, 0.2) is 0 Å². The summed E-state index contributed by atoms with van der Waals surface area (Å²) in [6.07, 6.45) is -1.73. The van der Waals surface area contributed by atoms with Gasteiger partial charge in [0.25, 0.3) is 5.91 Å². The minimum absolute atomic E-state index is 0.126. The normalized spacial score (nSPS) is 15.5. The van der Waals surface area contributed by atoms with Crippen LogP contribution in [-0.2, 0) is 15.9 Å². The first-order valence-electron chi connectivity index (χ1n) is 9.45. The summed E-state index contributed by atoms with van der Waals surface area (Å²) in [5.41, 5.74) is -3.17. The number of carbonyl (C=O) groups is 1. The number of aromatic nitrogens is 1. The number of hydrogen-bond donors (Lipinski definition) is 2. The van der Waals surface area contributed by atoms with Gasteiger partial charge in [0.1, 0.15) is 4.90 Å². The van der Waals surface area contributed by atoms with Crippen LogP contribution in [-0.4, -0.2) is 38.6 Å². The minimum atomic E-state index is -6.00. The molecule has 1 aliphatic heterocycles. The number of amides is 1. The van der Waals surface area contributed by atoms with Crippen LogP contribution in [0.5, 0.6) is 0 Å². The Kier molecular flexibility index (Phi) is 6.43. The first kappa shape index (κ1) is 23.9. The predicted molar refractivity (Wildman–Crippen MR) is 106 cm³/mol. The van der Waals surface area contributed by atoms with Gasteiger partial charge in [-0.25, -0.2) is 13.6 Å². The summed E-state index contributed by atoms with van der Waals surface area (Å²) >= 11 is 0. The molecule has 1 aliphatic rings. The number of benzene rings is 1. The van der Waals surface area contributed by atoms with Crippen molar-refractivity contribution in [3.05, 3.63) is 47.8 Å². The summed E-state index contributed by atoms with van der Waals surface area (Å²) in [7, 11) is -4.53. The summed E-state index contributed by atoms with van der Waals surface area (Å²) in [6.45, 7) is 0.360. The molecular weight excluding hydrogens is 459 g/mol. The lowest BCUT2D eigenvalue weighted by atomic mass is 10.0. The summed E-state index contributed by atoms with van der Waals surface area (Å²) in [5.74, 6) is -6.42. The van der Waals surface area contributed by atoms with Gasteiger partial charge in [-0.1, -0.05) is 0 Å². The lowest BCUT2D eigenvalue weighted by molar-refractivity contribution is -0.289. The zero-order chi connectivity index (χ0) is 23.7. The number of nitrogens with one attached hydrogen (secondary N) is 1. The van der Waals surface area contributed by atoms with Crippen LogP contribution >= 0.6 is 0 Å². The fourth-order valence-corrected chi connectivity index (χ4v) is 4.22. The Morgan fingerprint density at radius 1 is 1.06 bits per heavy atom. The highest BCUT2D eigenvalue weighted by Gasteiger charge is 2.60. The maximum absolute atomic E-state index is 14.5. The van der Waals surface area contributed by atoms with E-state index in [1.807, 2.05) is 0 Å². The van der Waals surface area contributed by atoms with E-state index in [-0.39, 0.29) is 18.7 Å². The molecule has 0 atom stereocenters. The quantitative estimate of drug-likeness (QED) is 0.639. The summed E-state index contributed by atoms with van der Waals surface area (Å²) < 4.78 is 93.0. The summed E-state index contributed by atoms with van der Waals surface area (Å²) in [6, 6.07) is 3.56. The monoisotopic (exact) mass is 478 g/mol. The molecule has 0 unspecified atom stereocenters. The third kappa shape index (κ3) is 4.67. The van der Waals surface area contributed by atoms with Crippen molar-refractivity contribution in [3.63, 3.8) is 0 Å². The lowest BCUT2D eigenvalue weighted by Gasteiger charge is -2.34. The second-order valence-electron chi connectivity index (χ2n) is 7.20. The van der Waals surface area contributed by atoms with E-state index in [1.54, 1.807) is 0 Å². The highest BCUT2D eigenvalue weighted by atomic mass is 32.2. The van der Waals surface area contributed by atoms with Crippen LogP contribution in [0.2, 0.25) is 0 Å². The molecule has 0 bridgehead atoms. The predicted octanol–water partition coefficient (Wildman–Crippen LogP) is 3.63. The molecule has 1 aromatic heterocycles. The number of anilines is 2. The Morgan fingerprint density at radius 2 is 1.72 bits per heavy atom. The van der Waals surface area contributed by atoms with E-state index in [4.69, 9.17) is 5.14 Å². The van der Waals surface area contributed by atoms with Crippen molar-refractivity contribution in [1.82, 2.24) is 4.98 Å². The molecular formula is C19H19F5N4O3S. The van der Waals surface area contributed by atoms with E-state index in [2.05, 4.69) is 10.3 Å². The fourth-order valence-electron chi connectivity index (χ4n) is 3.46.